The summed E-state index contributed by atoms with van der Waals surface area (Å²) in [5, 5.41) is 23.7. The topological polar surface area (TPSA) is 117 Å². The number of carbonyl (C=O) groups is 2. The van der Waals surface area contributed by atoms with Gasteiger partial charge in [-0.3, -0.25) is 10.1 Å². The molecule has 0 saturated carbocycles. The number of ether oxygens (including phenoxy) is 1. The van der Waals surface area contributed by atoms with Crippen molar-refractivity contribution in [3.63, 3.8) is 0 Å². The number of carboxylic acid groups (broad SMARTS) is 1. The summed E-state index contributed by atoms with van der Waals surface area (Å²) in [6, 6.07) is 2.62. The summed E-state index contributed by atoms with van der Waals surface area (Å²) in [6.45, 7) is 1.21. The minimum atomic E-state index is -1.24. The number of amides is 1. The summed E-state index contributed by atoms with van der Waals surface area (Å²) in [5.74, 6) is -1.43. The molecule has 25 heavy (non-hydrogen) atoms. The Hall–Kier alpha value is -2.16. The molecular weight excluding hydrogens is 328 g/mol. The molecule has 0 bridgehead atoms. The van der Waals surface area contributed by atoms with Crippen molar-refractivity contribution in [2.24, 2.45) is 0 Å². The fraction of sp³-hybridized carbons (Fsp3) is 0.529. The van der Waals surface area contributed by atoms with Gasteiger partial charge in [0.05, 0.1) is 18.2 Å². The van der Waals surface area contributed by atoms with Crippen molar-refractivity contribution in [1.82, 2.24) is 10.6 Å². The van der Waals surface area contributed by atoms with Crippen LogP contribution in [0.2, 0.25) is 0 Å². The molecule has 8 nitrogen and oxygen atoms in total. The van der Waals surface area contributed by atoms with Crippen molar-refractivity contribution in [3.8, 4) is 5.75 Å². The first-order valence-electron chi connectivity index (χ1n) is 8.18. The Bertz CT molecular complexity index is 577. The third-order valence-corrected chi connectivity index (χ3v) is 3.75. The zero-order valence-electron chi connectivity index (χ0n) is 14.6. The molecule has 0 radical (unpaired) electrons. The Labute approximate surface area is 147 Å². The Morgan fingerprint density at radius 3 is 2.32 bits per heavy atom. The zero-order chi connectivity index (χ0) is 18.7. The number of rotatable bonds is 12. The van der Waals surface area contributed by atoms with E-state index in [1.54, 1.807) is 0 Å². The third-order valence-electron chi connectivity index (χ3n) is 3.75. The number of nitrogens with one attached hydrogen (secondary N) is 2. The number of carbonyl (C=O) groups excluding carboxylic acids is 1. The predicted molar refractivity (Wildman–Crippen MR) is 92.1 cm³/mol. The first-order valence-corrected chi connectivity index (χ1v) is 8.18. The lowest BCUT2D eigenvalue weighted by Crippen LogP contribution is -2.26. The summed E-state index contributed by atoms with van der Waals surface area (Å²) >= 11 is 0. The van der Waals surface area contributed by atoms with Crippen LogP contribution in [0.5, 0.6) is 5.75 Å². The van der Waals surface area contributed by atoms with Gasteiger partial charge in [0, 0.05) is 12.1 Å². The molecule has 0 spiro atoms. The van der Waals surface area contributed by atoms with E-state index in [1.165, 1.54) is 19.2 Å². The van der Waals surface area contributed by atoms with E-state index in [1.807, 2.05) is 7.05 Å². The number of hydrogen-bond donors (Lipinski definition) is 4. The molecule has 0 saturated heterocycles. The maximum Gasteiger partial charge on any atom is 0.336 e. The van der Waals surface area contributed by atoms with Crippen LogP contribution in [0.15, 0.2) is 12.1 Å². The van der Waals surface area contributed by atoms with Gasteiger partial charge in [0.2, 0.25) is 0 Å². The van der Waals surface area contributed by atoms with Crippen molar-refractivity contribution in [2.75, 3.05) is 27.2 Å². The summed E-state index contributed by atoms with van der Waals surface area (Å²) in [4.78, 5) is 27.8. The summed E-state index contributed by atoms with van der Waals surface area (Å²) < 4.78 is 5.13. The maximum absolute atomic E-state index is 12.3. The molecule has 1 aromatic rings. The quantitative estimate of drug-likeness (QED) is 0.257. The van der Waals surface area contributed by atoms with Gasteiger partial charge in [-0.25, -0.2) is 9.68 Å². The molecule has 0 aliphatic carbocycles. The van der Waals surface area contributed by atoms with Gasteiger partial charge >= 0.3 is 5.97 Å². The molecule has 0 aliphatic heterocycles. The number of unbranched alkanes of at least 4 members (excludes halogenated alkanes) is 3. The van der Waals surface area contributed by atoms with Crippen LogP contribution in [0.1, 0.15) is 52.0 Å². The monoisotopic (exact) mass is 354 g/mol. The van der Waals surface area contributed by atoms with E-state index in [4.69, 9.17) is 9.99 Å². The van der Waals surface area contributed by atoms with Crippen molar-refractivity contribution in [2.45, 2.75) is 32.3 Å². The van der Waals surface area contributed by atoms with Gasteiger partial charge in [-0.2, -0.15) is 0 Å². The molecule has 8 heteroatoms. The number of carboxylic acids is 1. The molecular formula is C17H26N2O6. The molecule has 0 aliphatic rings. The standard InChI is InChI=1S/C17H26N2O6/c1-18-7-5-3-4-6-8-19-16(20)13-10-15(24-2)12(11-25-23)9-14(13)17(21)22/h9-10,18,23H,3-8,11H2,1-2H3,(H,19,20)(H,21,22). The van der Waals surface area contributed by atoms with Gasteiger partial charge in [-0.15, -0.1) is 0 Å². The van der Waals surface area contributed by atoms with E-state index in [2.05, 4.69) is 15.5 Å². The van der Waals surface area contributed by atoms with Crippen LogP contribution >= 0.6 is 0 Å². The van der Waals surface area contributed by atoms with Crippen molar-refractivity contribution >= 4 is 11.9 Å². The number of benzene rings is 1. The average molecular weight is 354 g/mol. The van der Waals surface area contributed by atoms with Crippen LogP contribution in [0.25, 0.3) is 0 Å². The van der Waals surface area contributed by atoms with Crippen molar-refractivity contribution in [3.05, 3.63) is 28.8 Å². The SMILES string of the molecule is CNCCCCCCNC(=O)c1cc(OC)c(COO)cc1C(=O)O. The lowest BCUT2D eigenvalue weighted by Gasteiger charge is -2.13. The number of methoxy groups -OCH3 is 1. The van der Waals surface area contributed by atoms with Crippen LogP contribution in [-0.4, -0.2) is 49.5 Å². The smallest absolute Gasteiger partial charge is 0.336 e. The van der Waals surface area contributed by atoms with Crippen LogP contribution in [0, 0.1) is 0 Å². The van der Waals surface area contributed by atoms with E-state index in [9.17, 15) is 14.7 Å². The minimum Gasteiger partial charge on any atom is -0.496 e. The summed E-state index contributed by atoms with van der Waals surface area (Å²) in [5.41, 5.74) is 0.184. The Morgan fingerprint density at radius 1 is 1.08 bits per heavy atom. The predicted octanol–water partition coefficient (Wildman–Crippen LogP) is 1.89. The molecule has 1 amide bonds. The van der Waals surface area contributed by atoms with Gasteiger partial charge < -0.3 is 20.5 Å². The van der Waals surface area contributed by atoms with Gasteiger partial charge in [0.1, 0.15) is 12.4 Å². The molecule has 0 unspecified atom stereocenters. The molecule has 0 fully saturated rings. The van der Waals surface area contributed by atoms with E-state index < -0.39 is 11.9 Å². The minimum absolute atomic E-state index is 0.0150. The highest BCUT2D eigenvalue weighted by atomic mass is 17.1. The molecule has 4 N–H and O–H groups in total. The van der Waals surface area contributed by atoms with E-state index >= 15 is 0 Å². The van der Waals surface area contributed by atoms with Gasteiger partial charge in [0.15, 0.2) is 0 Å². The molecule has 1 aromatic carbocycles. The largest absolute Gasteiger partial charge is 0.496 e. The fourth-order valence-corrected chi connectivity index (χ4v) is 2.44. The van der Waals surface area contributed by atoms with Crippen LogP contribution in [0.4, 0.5) is 0 Å². The molecule has 0 aromatic heterocycles. The van der Waals surface area contributed by atoms with E-state index in [0.717, 1.165) is 32.2 Å². The lowest BCUT2D eigenvalue weighted by atomic mass is 10.0. The highest BCUT2D eigenvalue weighted by molar-refractivity contribution is 6.05. The van der Waals surface area contributed by atoms with Gasteiger partial charge in [-0.1, -0.05) is 12.8 Å². The second kappa shape index (κ2) is 11.4. The summed E-state index contributed by atoms with van der Waals surface area (Å²) in [7, 11) is 3.30. The Balaban J connectivity index is 2.74. The molecule has 0 heterocycles. The first kappa shape index (κ1) is 20.9. The normalized spacial score (nSPS) is 10.5. The van der Waals surface area contributed by atoms with E-state index in [0.29, 0.717) is 12.1 Å². The fourth-order valence-electron chi connectivity index (χ4n) is 2.44. The molecule has 1 rings (SSSR count). The highest BCUT2D eigenvalue weighted by Crippen LogP contribution is 2.25. The third kappa shape index (κ3) is 6.69. The van der Waals surface area contributed by atoms with Gasteiger partial charge in [0.25, 0.3) is 5.91 Å². The van der Waals surface area contributed by atoms with Crippen molar-refractivity contribution < 1.29 is 29.6 Å². The highest BCUT2D eigenvalue weighted by Gasteiger charge is 2.20. The number of hydrogen-bond acceptors (Lipinski definition) is 6. The lowest BCUT2D eigenvalue weighted by molar-refractivity contribution is -0.253. The van der Waals surface area contributed by atoms with E-state index in [-0.39, 0.29) is 23.5 Å². The van der Waals surface area contributed by atoms with Gasteiger partial charge in [-0.05, 0) is 38.6 Å². The average Bonchev–Trinajstić information content (AvgIpc) is 2.60. The maximum atomic E-state index is 12.3. The second-order valence-electron chi connectivity index (χ2n) is 5.56. The van der Waals surface area contributed by atoms with Crippen molar-refractivity contribution in [1.29, 1.82) is 0 Å². The van der Waals surface area contributed by atoms with Crippen LogP contribution < -0.4 is 15.4 Å². The first-order chi connectivity index (χ1) is 12.0. The molecule has 0 atom stereocenters. The second-order valence-corrected chi connectivity index (χ2v) is 5.56. The van der Waals surface area contributed by atoms with Crippen LogP contribution in [-0.2, 0) is 11.5 Å². The Morgan fingerprint density at radius 2 is 1.76 bits per heavy atom. The number of aromatic carboxylic acids is 1. The molecule has 140 valence electrons. The van der Waals surface area contributed by atoms with Crippen LogP contribution in [0.3, 0.4) is 0 Å². The Kier molecular flexibility index (Phi) is 9.53. The summed E-state index contributed by atoms with van der Waals surface area (Å²) in [6.07, 6.45) is 3.97. The zero-order valence-corrected chi connectivity index (χ0v) is 14.6.